The summed E-state index contributed by atoms with van der Waals surface area (Å²) in [5, 5.41) is 15.1. The first-order valence-electron chi connectivity index (χ1n) is 9.69. The Morgan fingerprint density at radius 2 is 1.94 bits per heavy atom. The van der Waals surface area contributed by atoms with E-state index in [0.717, 1.165) is 17.7 Å². The van der Waals surface area contributed by atoms with Gasteiger partial charge in [-0.25, -0.2) is 0 Å². The highest BCUT2D eigenvalue weighted by molar-refractivity contribution is 7.99. The van der Waals surface area contributed by atoms with Gasteiger partial charge in [-0.1, -0.05) is 35.5 Å². The minimum Gasteiger partial charge on any atom is -0.378 e. The quantitative estimate of drug-likeness (QED) is 0.407. The second kappa shape index (κ2) is 10.3. The van der Waals surface area contributed by atoms with E-state index in [-0.39, 0.29) is 18.2 Å². The number of anilines is 2. The van der Waals surface area contributed by atoms with Crippen molar-refractivity contribution in [2.45, 2.75) is 38.3 Å². The fourth-order valence-electron chi connectivity index (χ4n) is 2.86. The zero-order valence-electron chi connectivity index (χ0n) is 17.3. The molecule has 0 saturated heterocycles. The van der Waals surface area contributed by atoms with E-state index >= 15 is 0 Å². The Morgan fingerprint density at radius 1 is 1.16 bits per heavy atom. The van der Waals surface area contributed by atoms with Gasteiger partial charge in [0.25, 0.3) is 0 Å². The summed E-state index contributed by atoms with van der Waals surface area (Å²) in [6, 6.07) is 10.2. The number of aromatic nitrogens is 3. The van der Waals surface area contributed by atoms with E-state index in [1.54, 1.807) is 22.8 Å². The first-order valence-corrected chi connectivity index (χ1v) is 11.1. The van der Waals surface area contributed by atoms with Crippen LogP contribution >= 0.6 is 23.4 Å². The Labute approximate surface area is 192 Å². The van der Waals surface area contributed by atoms with Crippen molar-refractivity contribution in [1.82, 2.24) is 14.8 Å². The molecule has 32 heavy (non-hydrogen) atoms. The van der Waals surface area contributed by atoms with E-state index in [1.807, 2.05) is 19.9 Å². The van der Waals surface area contributed by atoms with Crippen molar-refractivity contribution in [3.05, 3.63) is 64.4 Å². The molecule has 0 radical (unpaired) electrons. The maximum absolute atomic E-state index is 12.9. The molecule has 3 aromatic rings. The SMILES string of the molecule is CCn1c(CNc2cccc(C(F)(F)F)c2)nnc1SCC(=O)Nc1ccc(C)c(Cl)c1. The van der Waals surface area contributed by atoms with E-state index in [0.29, 0.717) is 33.9 Å². The third-order valence-electron chi connectivity index (χ3n) is 4.54. The molecule has 0 aliphatic rings. The van der Waals surface area contributed by atoms with E-state index in [4.69, 9.17) is 11.6 Å². The van der Waals surface area contributed by atoms with Crippen molar-refractivity contribution in [2.75, 3.05) is 16.4 Å². The Bertz CT molecular complexity index is 1100. The van der Waals surface area contributed by atoms with Crippen LogP contribution in [0, 0.1) is 6.92 Å². The number of alkyl halides is 3. The average molecular weight is 484 g/mol. The molecule has 1 aromatic heterocycles. The summed E-state index contributed by atoms with van der Waals surface area (Å²) in [6.07, 6.45) is -4.41. The van der Waals surface area contributed by atoms with Crippen molar-refractivity contribution in [3.63, 3.8) is 0 Å². The molecular formula is C21H21ClF3N5OS. The number of benzene rings is 2. The molecule has 0 bridgehead atoms. The van der Waals surface area contributed by atoms with Gasteiger partial charge in [-0.3, -0.25) is 4.79 Å². The van der Waals surface area contributed by atoms with Gasteiger partial charge in [-0.2, -0.15) is 13.2 Å². The van der Waals surface area contributed by atoms with Gasteiger partial charge in [0.2, 0.25) is 5.91 Å². The van der Waals surface area contributed by atoms with E-state index in [1.165, 1.54) is 17.8 Å². The molecule has 2 N–H and O–H groups in total. The van der Waals surface area contributed by atoms with Gasteiger partial charge in [0.05, 0.1) is 17.9 Å². The lowest BCUT2D eigenvalue weighted by molar-refractivity contribution is -0.137. The summed E-state index contributed by atoms with van der Waals surface area (Å²) in [5.74, 6) is 0.451. The number of thioether (sulfide) groups is 1. The third kappa shape index (κ3) is 6.17. The van der Waals surface area contributed by atoms with Crippen LogP contribution in [0.1, 0.15) is 23.9 Å². The highest BCUT2D eigenvalue weighted by Gasteiger charge is 2.30. The molecule has 0 atom stereocenters. The van der Waals surface area contributed by atoms with E-state index in [2.05, 4.69) is 20.8 Å². The zero-order valence-corrected chi connectivity index (χ0v) is 18.9. The lowest BCUT2D eigenvalue weighted by Gasteiger charge is -2.11. The molecule has 2 aromatic carbocycles. The van der Waals surface area contributed by atoms with Crippen LogP contribution in [0.5, 0.6) is 0 Å². The summed E-state index contributed by atoms with van der Waals surface area (Å²) >= 11 is 7.30. The number of hydrogen-bond donors (Lipinski definition) is 2. The van der Waals surface area contributed by atoms with Gasteiger partial charge in [-0.05, 0) is 49.7 Å². The van der Waals surface area contributed by atoms with Gasteiger partial charge < -0.3 is 15.2 Å². The van der Waals surface area contributed by atoms with E-state index < -0.39 is 11.7 Å². The van der Waals surface area contributed by atoms with E-state index in [9.17, 15) is 18.0 Å². The molecule has 170 valence electrons. The first kappa shape index (κ1) is 23.9. The maximum atomic E-state index is 12.9. The number of amides is 1. The number of rotatable bonds is 8. The summed E-state index contributed by atoms with van der Waals surface area (Å²) in [7, 11) is 0. The minimum atomic E-state index is -4.41. The number of nitrogens with zero attached hydrogens (tertiary/aromatic N) is 3. The fourth-order valence-corrected chi connectivity index (χ4v) is 3.86. The largest absolute Gasteiger partial charge is 0.416 e. The normalized spacial score (nSPS) is 11.4. The molecule has 0 saturated carbocycles. The maximum Gasteiger partial charge on any atom is 0.416 e. The molecule has 0 unspecified atom stereocenters. The van der Waals surface area contributed by atoms with Crippen LogP contribution in [-0.2, 0) is 24.1 Å². The van der Waals surface area contributed by atoms with Gasteiger partial charge in [-0.15, -0.1) is 10.2 Å². The molecule has 3 rings (SSSR count). The number of aryl methyl sites for hydroxylation is 1. The van der Waals surface area contributed by atoms with Crippen molar-refractivity contribution in [3.8, 4) is 0 Å². The van der Waals surface area contributed by atoms with Crippen LogP contribution in [0.15, 0.2) is 47.6 Å². The number of hydrogen-bond acceptors (Lipinski definition) is 5. The number of nitrogens with one attached hydrogen (secondary N) is 2. The Kier molecular flexibility index (Phi) is 7.68. The predicted octanol–water partition coefficient (Wildman–Crippen LogP) is 5.62. The van der Waals surface area contributed by atoms with Crippen LogP contribution in [0.25, 0.3) is 0 Å². The van der Waals surface area contributed by atoms with Crippen molar-refractivity contribution >= 4 is 40.6 Å². The smallest absolute Gasteiger partial charge is 0.378 e. The van der Waals surface area contributed by atoms with Crippen LogP contribution in [0.2, 0.25) is 5.02 Å². The van der Waals surface area contributed by atoms with Gasteiger partial charge in [0, 0.05) is 22.9 Å². The lowest BCUT2D eigenvalue weighted by atomic mass is 10.2. The van der Waals surface area contributed by atoms with Gasteiger partial charge in [0.1, 0.15) is 0 Å². The number of carbonyl (C=O) groups is 1. The average Bonchev–Trinajstić information content (AvgIpc) is 3.15. The van der Waals surface area contributed by atoms with Crippen LogP contribution in [0.3, 0.4) is 0 Å². The Balaban J connectivity index is 1.59. The summed E-state index contributed by atoms with van der Waals surface area (Å²) in [5.41, 5.74) is 1.13. The molecule has 1 amide bonds. The fraction of sp³-hybridized carbons (Fsp3) is 0.286. The minimum absolute atomic E-state index is 0.116. The third-order valence-corrected chi connectivity index (χ3v) is 5.91. The van der Waals surface area contributed by atoms with Crippen LogP contribution < -0.4 is 10.6 Å². The molecule has 0 aliphatic carbocycles. The second-order valence-electron chi connectivity index (χ2n) is 6.88. The van der Waals surface area contributed by atoms with Crippen molar-refractivity contribution in [1.29, 1.82) is 0 Å². The molecule has 11 heteroatoms. The summed E-state index contributed by atoms with van der Waals surface area (Å²) in [4.78, 5) is 12.3. The van der Waals surface area contributed by atoms with Crippen molar-refractivity contribution < 1.29 is 18.0 Å². The standard InChI is InChI=1S/C21H21ClF3N5OS/c1-3-30-18(11-26-15-6-4-5-14(9-15)21(23,24)25)28-29-20(30)32-12-19(31)27-16-8-7-13(2)17(22)10-16/h4-10,26H,3,11-12H2,1-2H3,(H,27,31). The highest BCUT2D eigenvalue weighted by Crippen LogP contribution is 2.30. The molecule has 1 heterocycles. The summed E-state index contributed by atoms with van der Waals surface area (Å²) < 4.78 is 40.5. The Hall–Kier alpha value is -2.72. The van der Waals surface area contributed by atoms with Crippen molar-refractivity contribution in [2.24, 2.45) is 0 Å². The molecular weight excluding hydrogens is 463 g/mol. The molecule has 0 aliphatic heterocycles. The molecule has 0 spiro atoms. The highest BCUT2D eigenvalue weighted by atomic mass is 35.5. The topological polar surface area (TPSA) is 71.8 Å². The molecule has 6 nitrogen and oxygen atoms in total. The van der Waals surface area contributed by atoms with Crippen LogP contribution in [-0.4, -0.2) is 26.4 Å². The van der Waals surface area contributed by atoms with Crippen LogP contribution in [0.4, 0.5) is 24.5 Å². The second-order valence-corrected chi connectivity index (χ2v) is 8.23. The number of halogens is 4. The zero-order chi connectivity index (χ0) is 23.3. The molecule has 0 fully saturated rings. The van der Waals surface area contributed by atoms with Gasteiger partial charge in [0.15, 0.2) is 11.0 Å². The Morgan fingerprint density at radius 3 is 2.62 bits per heavy atom. The first-order chi connectivity index (χ1) is 15.2. The monoisotopic (exact) mass is 483 g/mol. The number of carbonyl (C=O) groups excluding carboxylic acids is 1. The summed E-state index contributed by atoms with van der Waals surface area (Å²) in [6.45, 7) is 4.51. The predicted molar refractivity (Wildman–Crippen MR) is 120 cm³/mol. The lowest BCUT2D eigenvalue weighted by Crippen LogP contribution is -2.15. The van der Waals surface area contributed by atoms with Gasteiger partial charge >= 0.3 is 6.18 Å².